The number of hydrogen-bond donors (Lipinski definition) is 2. The second-order valence-electron chi connectivity index (χ2n) is 8.04. The Labute approximate surface area is 193 Å². The van der Waals surface area contributed by atoms with Gasteiger partial charge in [0.25, 0.3) is 0 Å². The van der Waals surface area contributed by atoms with E-state index in [9.17, 15) is 14.7 Å². The fraction of sp³-hybridized carbons (Fsp3) is 0.636. The molecule has 7 heteroatoms. The quantitative estimate of drug-likeness (QED) is 0.169. The molecule has 0 fully saturated rings. The largest absolute Gasteiger partial charge is 0.480 e. The lowest BCUT2D eigenvalue weighted by Gasteiger charge is -2.21. The van der Waals surface area contributed by atoms with E-state index < -0.39 is 23.7 Å². The van der Waals surface area contributed by atoms with E-state index in [2.05, 4.69) is 66.9 Å². The Kier molecular flexibility index (Phi) is 14.4. The minimum absolute atomic E-state index is 0.293. The van der Waals surface area contributed by atoms with Crippen LogP contribution in [-0.2, 0) is 9.53 Å². The molecule has 0 saturated carbocycles. The highest BCUT2D eigenvalue weighted by Crippen LogP contribution is 2.14. The third-order valence-corrected chi connectivity index (χ3v) is 5.23. The average Bonchev–Trinajstić information content (AvgIpc) is 2.55. The molecule has 0 aromatic carbocycles. The number of ether oxygens (including phenoxy) is 1. The Morgan fingerprint density at radius 1 is 1.07 bits per heavy atom. The Morgan fingerprint density at radius 2 is 1.62 bits per heavy atom. The first kappa shape index (κ1) is 28.0. The molecule has 0 rings (SSSR count). The van der Waals surface area contributed by atoms with Crippen molar-refractivity contribution in [1.29, 1.82) is 0 Å². The van der Waals surface area contributed by atoms with E-state index in [-0.39, 0.29) is 0 Å². The third kappa shape index (κ3) is 17.6. The van der Waals surface area contributed by atoms with Crippen LogP contribution in [0.4, 0.5) is 4.79 Å². The van der Waals surface area contributed by atoms with Gasteiger partial charge in [0.05, 0.1) is 0 Å². The van der Waals surface area contributed by atoms with Crippen molar-refractivity contribution in [3.63, 3.8) is 0 Å². The molecule has 29 heavy (non-hydrogen) atoms. The van der Waals surface area contributed by atoms with Gasteiger partial charge in [-0.15, -0.1) is 0 Å². The van der Waals surface area contributed by atoms with E-state index in [1.807, 2.05) is 0 Å². The van der Waals surface area contributed by atoms with Crippen LogP contribution in [0, 0.1) is 0 Å². The lowest BCUT2D eigenvalue weighted by molar-refractivity contribution is -0.138. The predicted octanol–water partition coefficient (Wildman–Crippen LogP) is 6.49. The maximum atomic E-state index is 11.8. The normalized spacial score (nSPS) is 14.5. The summed E-state index contributed by atoms with van der Waals surface area (Å²) in [5.41, 5.74) is 2.05. The second-order valence-corrected chi connectivity index (χ2v) is 10.8. The van der Waals surface area contributed by atoms with Crippen molar-refractivity contribution >= 4 is 46.4 Å². The molecular formula is C22H36INO4S. The molecule has 0 aromatic heterocycles. The van der Waals surface area contributed by atoms with Crippen LogP contribution in [0.5, 0.6) is 0 Å². The molecule has 5 nitrogen and oxygen atoms in total. The van der Waals surface area contributed by atoms with Crippen LogP contribution < -0.4 is 5.32 Å². The summed E-state index contributed by atoms with van der Waals surface area (Å²) < 4.78 is 6.45. The number of hydrogen-bond acceptors (Lipinski definition) is 4. The van der Waals surface area contributed by atoms with Gasteiger partial charge in [-0.25, -0.2) is 9.59 Å². The first-order valence-electron chi connectivity index (χ1n) is 9.84. The average molecular weight is 538 g/mol. The second kappa shape index (κ2) is 14.9. The van der Waals surface area contributed by atoms with Crippen molar-refractivity contribution < 1.29 is 19.4 Å². The number of nitrogens with one attached hydrogen (secondary N) is 1. The van der Waals surface area contributed by atoms with Gasteiger partial charge in [0.1, 0.15) is 11.6 Å². The molecule has 166 valence electrons. The van der Waals surface area contributed by atoms with E-state index >= 15 is 0 Å². The molecule has 0 bridgehead atoms. The summed E-state index contributed by atoms with van der Waals surface area (Å²) in [6.45, 7) is 11.6. The molecule has 1 atom stereocenters. The third-order valence-electron chi connectivity index (χ3n) is 3.82. The zero-order valence-electron chi connectivity index (χ0n) is 18.5. The van der Waals surface area contributed by atoms with Crippen molar-refractivity contribution in [3.8, 4) is 0 Å². The summed E-state index contributed by atoms with van der Waals surface area (Å²) >= 11 is 3.81. The van der Waals surface area contributed by atoms with E-state index in [1.165, 1.54) is 26.5 Å². The number of halogens is 1. The van der Waals surface area contributed by atoms with E-state index in [1.54, 1.807) is 20.8 Å². The maximum Gasteiger partial charge on any atom is 0.408 e. The smallest absolute Gasteiger partial charge is 0.408 e. The first-order chi connectivity index (χ1) is 13.4. The van der Waals surface area contributed by atoms with Gasteiger partial charge in [0.2, 0.25) is 0 Å². The molecule has 1 amide bonds. The number of carbonyl (C=O) groups is 2. The highest BCUT2D eigenvalue weighted by molar-refractivity contribution is 14.1. The minimum Gasteiger partial charge on any atom is -0.480 e. The Morgan fingerprint density at radius 3 is 2.14 bits per heavy atom. The lowest BCUT2D eigenvalue weighted by atomic mass is 10.1. The summed E-state index contributed by atoms with van der Waals surface area (Å²) in [7, 11) is 0. The van der Waals surface area contributed by atoms with Crippen molar-refractivity contribution in [2.75, 3.05) is 11.5 Å². The van der Waals surface area contributed by atoms with Gasteiger partial charge in [-0.1, -0.05) is 29.4 Å². The fourth-order valence-electron chi connectivity index (χ4n) is 2.26. The number of alkyl carbamates (subject to hydrolysis) is 1. The van der Waals surface area contributed by atoms with Crippen LogP contribution in [0.1, 0.15) is 67.2 Å². The summed E-state index contributed by atoms with van der Waals surface area (Å²) in [6, 6.07) is -0.964. The van der Waals surface area contributed by atoms with Gasteiger partial charge in [0, 0.05) is 11.5 Å². The zero-order chi connectivity index (χ0) is 22.4. The van der Waals surface area contributed by atoms with Crippen molar-refractivity contribution in [1.82, 2.24) is 5.32 Å². The molecular weight excluding hydrogens is 501 g/mol. The van der Waals surface area contributed by atoms with Crippen LogP contribution in [0.15, 0.2) is 33.0 Å². The maximum absolute atomic E-state index is 11.8. The minimum atomic E-state index is -1.06. The molecule has 0 aliphatic carbocycles. The molecule has 0 unspecified atom stereocenters. The molecule has 0 aliphatic heterocycles. The van der Waals surface area contributed by atoms with E-state index in [0.717, 1.165) is 25.7 Å². The number of thioether (sulfide) groups is 1. The molecule has 0 radical (unpaired) electrons. The Bertz CT molecular complexity index is 617. The standard InChI is InChI=1S/C22H36INO4S/c1-16(11-8-12-18(3)23)9-7-10-17(2)13-14-29-15-19(20(25)26)24-21(27)28-22(4,5)6/h9,12-13,19H,7-8,10-11,14-15H2,1-6H3,(H,24,27)(H,25,26)/b16-9+,17-13+,18-12+/t19-/m0/s1. The molecule has 2 N–H and O–H groups in total. The number of allylic oxidation sites excluding steroid dienone is 5. The molecule has 0 aromatic rings. The summed E-state index contributed by atoms with van der Waals surface area (Å²) in [5.74, 6) is -0.0490. The molecule has 0 saturated heterocycles. The Hall–Kier alpha value is -0.960. The number of amides is 1. The highest BCUT2D eigenvalue weighted by atomic mass is 127. The molecule has 0 spiro atoms. The SMILES string of the molecule is C/C(I)=C\CC/C(C)=C/CC/C(C)=C/CSC[C@H](NC(=O)OC(C)(C)C)C(=O)O. The predicted molar refractivity (Wildman–Crippen MR) is 132 cm³/mol. The lowest BCUT2D eigenvalue weighted by Crippen LogP contribution is -2.44. The summed E-state index contributed by atoms with van der Waals surface area (Å²) in [6.07, 6.45) is 10.2. The van der Waals surface area contributed by atoms with Crippen molar-refractivity contribution in [3.05, 3.63) is 33.0 Å². The van der Waals surface area contributed by atoms with Crippen LogP contribution in [0.2, 0.25) is 0 Å². The highest BCUT2D eigenvalue weighted by Gasteiger charge is 2.23. The van der Waals surface area contributed by atoms with Gasteiger partial charge in [-0.3, -0.25) is 0 Å². The summed E-state index contributed by atoms with van der Waals surface area (Å²) in [5, 5.41) is 11.7. The summed E-state index contributed by atoms with van der Waals surface area (Å²) in [4.78, 5) is 23.1. The van der Waals surface area contributed by atoms with Gasteiger partial charge in [-0.2, -0.15) is 11.8 Å². The fourth-order valence-corrected chi connectivity index (χ4v) is 3.57. The van der Waals surface area contributed by atoms with Gasteiger partial charge in [0.15, 0.2) is 0 Å². The van der Waals surface area contributed by atoms with Crippen molar-refractivity contribution in [2.45, 2.75) is 78.9 Å². The number of carboxylic acid groups (broad SMARTS) is 1. The van der Waals surface area contributed by atoms with Gasteiger partial charge < -0.3 is 15.2 Å². The topological polar surface area (TPSA) is 75.6 Å². The first-order valence-corrected chi connectivity index (χ1v) is 12.1. The monoisotopic (exact) mass is 537 g/mol. The van der Waals surface area contributed by atoms with Gasteiger partial charge in [-0.05, 0) is 93.4 Å². The van der Waals surface area contributed by atoms with E-state index in [0.29, 0.717) is 11.5 Å². The van der Waals surface area contributed by atoms with E-state index in [4.69, 9.17) is 4.74 Å². The van der Waals surface area contributed by atoms with Crippen LogP contribution in [-0.4, -0.2) is 40.3 Å². The molecule has 0 heterocycles. The van der Waals surface area contributed by atoms with Gasteiger partial charge >= 0.3 is 12.1 Å². The number of aliphatic carboxylic acids is 1. The number of carboxylic acids is 1. The van der Waals surface area contributed by atoms with Crippen LogP contribution in [0.25, 0.3) is 0 Å². The Balaban J connectivity index is 4.25. The molecule has 0 aliphatic rings. The van der Waals surface area contributed by atoms with Crippen LogP contribution in [0.3, 0.4) is 0 Å². The number of rotatable bonds is 12. The zero-order valence-corrected chi connectivity index (χ0v) is 21.5. The van der Waals surface area contributed by atoms with Crippen molar-refractivity contribution in [2.24, 2.45) is 0 Å². The van der Waals surface area contributed by atoms with Crippen LogP contribution >= 0.6 is 34.4 Å². The number of carbonyl (C=O) groups excluding carboxylic acids is 1.